The first-order chi connectivity index (χ1) is 20.0. The molecule has 0 aliphatic heterocycles. The minimum absolute atomic E-state index is 0.599. The topological polar surface area (TPSA) is 51.6 Å². The van der Waals surface area contributed by atoms with Gasteiger partial charge in [0.15, 0.2) is 0 Å². The van der Waals surface area contributed by atoms with Crippen LogP contribution in [-0.4, -0.2) is 19.9 Å². The van der Waals surface area contributed by atoms with Crippen molar-refractivity contribution >= 4 is 65.8 Å². The molecular weight excluding hydrogens is 635 g/mol. The van der Waals surface area contributed by atoms with Gasteiger partial charge in [-0.05, 0) is 36.4 Å². The van der Waals surface area contributed by atoms with E-state index in [2.05, 4.69) is 9.97 Å². The van der Waals surface area contributed by atoms with Gasteiger partial charge in [-0.25, -0.2) is 19.9 Å². The number of hydrogen-bond donors (Lipinski definition) is 0. The first kappa shape index (κ1) is 27.1. The van der Waals surface area contributed by atoms with Gasteiger partial charge >= 0.3 is 12.4 Å². The molecule has 0 saturated heterocycles. The molecule has 0 saturated carbocycles. The molecule has 4 nitrogen and oxygen atoms in total. The van der Waals surface area contributed by atoms with Crippen LogP contribution in [0.4, 0.5) is 26.3 Å². The van der Waals surface area contributed by atoms with Crippen LogP contribution in [0.2, 0.25) is 0 Å². The van der Waals surface area contributed by atoms with Crippen molar-refractivity contribution in [1.29, 1.82) is 0 Å². The van der Waals surface area contributed by atoms with Crippen LogP contribution in [0.1, 0.15) is 11.1 Å². The van der Waals surface area contributed by atoms with Crippen LogP contribution in [0.5, 0.6) is 0 Å². The summed E-state index contributed by atoms with van der Waals surface area (Å²) < 4.78 is 79.2. The third-order valence-electron chi connectivity index (χ3n) is 6.25. The lowest BCUT2D eigenvalue weighted by atomic mass is 10.1. The maximum Gasteiger partial charge on any atom is 0.416 e. The minimum Gasteiger partial charge on any atom is -0.244 e. The fourth-order valence-corrected chi connectivity index (χ4v) is 8.06. The van der Waals surface area contributed by atoms with E-state index in [1.54, 1.807) is 12.4 Å². The standard InChI is InChI=1S/C28H12F6N4S4/c29-27(30,31)15-5-1-13(2-6-15)23-35-11-21(41-23)25-37-17-9-20-18(10-19(17)39-25)38-26(40-20)22-12-36-24(42-22)14-3-7-16(8-4-14)28(32,33)34/h1-12H. The third-order valence-corrected chi connectivity index (χ3v) is 10.7. The van der Waals surface area contributed by atoms with Crippen molar-refractivity contribution in [2.75, 3.05) is 0 Å². The van der Waals surface area contributed by atoms with E-state index in [1.807, 2.05) is 12.1 Å². The van der Waals surface area contributed by atoms with E-state index in [0.29, 0.717) is 21.1 Å². The highest BCUT2D eigenvalue weighted by Gasteiger charge is 2.31. The summed E-state index contributed by atoms with van der Waals surface area (Å²) in [7, 11) is 0. The molecule has 14 heteroatoms. The molecule has 7 aromatic rings. The first-order valence-electron chi connectivity index (χ1n) is 12.0. The van der Waals surface area contributed by atoms with Gasteiger partial charge < -0.3 is 0 Å². The number of aromatic nitrogens is 4. The Kier molecular flexibility index (Phi) is 6.42. The molecule has 0 bridgehead atoms. The number of nitrogens with zero attached hydrogens (tertiary/aromatic N) is 4. The van der Waals surface area contributed by atoms with Gasteiger partial charge in [-0.2, -0.15) is 26.3 Å². The van der Waals surface area contributed by atoms with Crippen molar-refractivity contribution in [2.24, 2.45) is 0 Å². The van der Waals surface area contributed by atoms with E-state index in [4.69, 9.17) is 9.97 Å². The number of halogens is 6. The van der Waals surface area contributed by atoms with Crippen molar-refractivity contribution in [3.63, 3.8) is 0 Å². The highest BCUT2D eigenvalue weighted by atomic mass is 32.1. The highest BCUT2D eigenvalue weighted by Crippen LogP contribution is 2.41. The average molecular weight is 647 g/mol. The first-order valence-corrected chi connectivity index (χ1v) is 15.3. The SMILES string of the molecule is FC(F)(F)c1ccc(-c2ncc(-c3nc4cc5sc(-c6cnc(-c7ccc(C(F)(F)F)cc7)s6)nc5cc4s3)s2)cc1. The molecule has 0 unspecified atom stereocenters. The summed E-state index contributed by atoms with van der Waals surface area (Å²) in [6.45, 7) is 0. The summed E-state index contributed by atoms with van der Waals surface area (Å²) in [6.07, 6.45) is -5.44. The van der Waals surface area contributed by atoms with Gasteiger partial charge in [-0.1, -0.05) is 24.3 Å². The van der Waals surface area contributed by atoms with Crippen LogP contribution in [-0.2, 0) is 12.4 Å². The number of rotatable bonds is 4. The Morgan fingerprint density at radius 3 is 1.21 bits per heavy atom. The lowest BCUT2D eigenvalue weighted by Gasteiger charge is -2.06. The summed E-state index contributed by atoms with van der Waals surface area (Å²) in [6, 6.07) is 13.8. The Hall–Kier alpha value is -3.72. The summed E-state index contributed by atoms with van der Waals surface area (Å²) in [5, 5.41) is 2.71. The molecule has 42 heavy (non-hydrogen) atoms. The molecule has 0 fully saturated rings. The maximum atomic E-state index is 12.9. The summed E-state index contributed by atoms with van der Waals surface area (Å²) >= 11 is 5.66. The number of alkyl halides is 6. The molecule has 0 spiro atoms. The Bertz CT molecular complexity index is 1870. The third kappa shape index (κ3) is 5.08. The van der Waals surface area contributed by atoms with Gasteiger partial charge in [0.2, 0.25) is 0 Å². The van der Waals surface area contributed by atoms with Crippen molar-refractivity contribution < 1.29 is 26.3 Å². The minimum atomic E-state index is -4.39. The second-order valence-electron chi connectivity index (χ2n) is 9.04. The van der Waals surface area contributed by atoms with Crippen LogP contribution in [0, 0.1) is 0 Å². The monoisotopic (exact) mass is 646 g/mol. The molecule has 0 amide bonds. The van der Waals surface area contributed by atoms with Gasteiger partial charge in [0.1, 0.15) is 20.0 Å². The molecule has 0 aliphatic rings. The lowest BCUT2D eigenvalue weighted by molar-refractivity contribution is -0.138. The summed E-state index contributed by atoms with van der Waals surface area (Å²) in [5.41, 5.74) is 1.36. The van der Waals surface area contributed by atoms with Gasteiger partial charge in [0, 0.05) is 23.5 Å². The van der Waals surface area contributed by atoms with Crippen molar-refractivity contribution in [3.8, 4) is 40.9 Å². The Balaban J connectivity index is 1.14. The molecule has 3 aromatic carbocycles. The van der Waals surface area contributed by atoms with Crippen molar-refractivity contribution in [3.05, 3.63) is 84.2 Å². The van der Waals surface area contributed by atoms with Crippen molar-refractivity contribution in [2.45, 2.75) is 12.4 Å². The Labute approximate surface area is 248 Å². The quantitative estimate of drug-likeness (QED) is 0.179. The van der Waals surface area contributed by atoms with E-state index in [1.165, 1.54) is 69.6 Å². The summed E-state index contributed by atoms with van der Waals surface area (Å²) in [5.74, 6) is 0. The largest absolute Gasteiger partial charge is 0.416 e. The Morgan fingerprint density at radius 2 is 0.857 bits per heavy atom. The lowest BCUT2D eigenvalue weighted by Crippen LogP contribution is -2.03. The number of thiazole rings is 4. The fraction of sp³-hybridized carbons (Fsp3) is 0.0714. The van der Waals surface area contributed by atoms with E-state index in [0.717, 1.165) is 64.5 Å². The predicted octanol–water partition coefficient (Wildman–Crippen LogP) is 10.5. The Morgan fingerprint density at radius 1 is 0.476 bits per heavy atom. The maximum absolute atomic E-state index is 12.9. The number of benzene rings is 3. The van der Waals surface area contributed by atoms with Crippen LogP contribution < -0.4 is 0 Å². The number of hydrogen-bond acceptors (Lipinski definition) is 8. The zero-order valence-corrected chi connectivity index (χ0v) is 23.9. The zero-order chi connectivity index (χ0) is 29.2. The van der Waals surface area contributed by atoms with Crippen LogP contribution in [0.15, 0.2) is 73.1 Å². The second-order valence-corrected chi connectivity index (χ2v) is 13.2. The van der Waals surface area contributed by atoms with E-state index in [-0.39, 0.29) is 0 Å². The average Bonchev–Trinajstić information content (AvgIpc) is 3.75. The highest BCUT2D eigenvalue weighted by molar-refractivity contribution is 7.27. The van der Waals surface area contributed by atoms with Gasteiger partial charge in [0.25, 0.3) is 0 Å². The van der Waals surface area contributed by atoms with Crippen LogP contribution in [0.25, 0.3) is 61.3 Å². The molecule has 4 heterocycles. The van der Waals surface area contributed by atoms with Gasteiger partial charge in [-0.3, -0.25) is 0 Å². The smallest absolute Gasteiger partial charge is 0.244 e. The normalized spacial score (nSPS) is 12.5. The van der Waals surface area contributed by atoms with Crippen molar-refractivity contribution in [1.82, 2.24) is 19.9 Å². The molecule has 0 radical (unpaired) electrons. The van der Waals surface area contributed by atoms with E-state index in [9.17, 15) is 26.3 Å². The molecule has 4 aromatic heterocycles. The molecule has 0 atom stereocenters. The zero-order valence-electron chi connectivity index (χ0n) is 20.6. The van der Waals surface area contributed by atoms with Gasteiger partial charge in [-0.15, -0.1) is 45.3 Å². The van der Waals surface area contributed by atoms with E-state index >= 15 is 0 Å². The fourth-order valence-electron chi connectivity index (χ4n) is 4.18. The summed E-state index contributed by atoms with van der Waals surface area (Å²) in [4.78, 5) is 19.9. The second kappa shape index (κ2) is 9.93. The van der Waals surface area contributed by atoms with Crippen LogP contribution >= 0.6 is 45.3 Å². The molecule has 0 N–H and O–H groups in total. The molecule has 7 rings (SSSR count). The predicted molar refractivity (Wildman–Crippen MR) is 156 cm³/mol. The van der Waals surface area contributed by atoms with Gasteiger partial charge in [0.05, 0.1) is 41.3 Å². The van der Waals surface area contributed by atoms with E-state index < -0.39 is 23.5 Å². The molecular formula is C28H12F6N4S4. The number of fused-ring (bicyclic) bond motifs is 2. The molecule has 210 valence electrons. The molecule has 0 aliphatic carbocycles. The van der Waals surface area contributed by atoms with Crippen LogP contribution in [0.3, 0.4) is 0 Å².